The van der Waals surface area contributed by atoms with Crippen molar-refractivity contribution in [3.05, 3.63) is 23.8 Å². The first kappa shape index (κ1) is 6.80. The molecule has 54 valence electrons. The predicted molar refractivity (Wildman–Crippen MR) is 32.3 cm³/mol. The van der Waals surface area contributed by atoms with Crippen molar-refractivity contribution in [1.29, 1.82) is 0 Å². The lowest BCUT2D eigenvalue weighted by Gasteiger charge is -1.84. The van der Waals surface area contributed by atoms with E-state index < -0.39 is 11.8 Å². The van der Waals surface area contributed by atoms with Crippen LogP contribution in [0.15, 0.2) is 12.4 Å². The van der Waals surface area contributed by atoms with Crippen LogP contribution in [0.1, 0.15) is 10.4 Å². The van der Waals surface area contributed by atoms with Crippen LogP contribution in [-0.4, -0.2) is 15.6 Å². The summed E-state index contributed by atoms with van der Waals surface area (Å²) in [6, 6.07) is 0. The predicted octanol–water partition coefficient (Wildman–Crippen LogP) is 0.862. The number of nitrogens with zero attached hydrogens (tertiary/aromatic N) is 1. The lowest BCUT2D eigenvalue weighted by atomic mass is 10.3. The molecule has 0 radical (unpaired) electrons. The Morgan fingerprint density at radius 1 is 1.70 bits per heavy atom. The molecule has 0 saturated heterocycles. The van der Waals surface area contributed by atoms with Gasteiger partial charge in [0.25, 0.3) is 0 Å². The van der Waals surface area contributed by atoms with Crippen LogP contribution >= 0.6 is 0 Å². The van der Waals surface area contributed by atoms with Crippen LogP contribution in [0.2, 0.25) is 0 Å². The molecule has 0 aliphatic carbocycles. The SMILES string of the molecule is Cn1cc(F)c(C(=O)O)c1. The molecule has 0 spiro atoms. The fourth-order valence-corrected chi connectivity index (χ4v) is 0.708. The quantitative estimate of drug-likeness (QED) is 0.633. The van der Waals surface area contributed by atoms with E-state index in [1.165, 1.54) is 10.8 Å². The molecule has 1 aromatic rings. The molecule has 1 N–H and O–H groups in total. The van der Waals surface area contributed by atoms with E-state index in [1.807, 2.05) is 0 Å². The Labute approximate surface area is 56.7 Å². The summed E-state index contributed by atoms with van der Waals surface area (Å²) < 4.78 is 13.8. The van der Waals surface area contributed by atoms with Crippen molar-refractivity contribution in [1.82, 2.24) is 4.57 Å². The maximum Gasteiger partial charge on any atom is 0.340 e. The molecule has 1 aromatic heterocycles. The van der Waals surface area contributed by atoms with Crippen molar-refractivity contribution in [2.75, 3.05) is 0 Å². The van der Waals surface area contributed by atoms with E-state index in [1.54, 1.807) is 7.05 Å². The molecule has 0 unspecified atom stereocenters. The molecule has 3 nitrogen and oxygen atoms in total. The largest absolute Gasteiger partial charge is 0.478 e. The Kier molecular flexibility index (Phi) is 1.45. The molecule has 0 amide bonds. The molecule has 4 heteroatoms. The summed E-state index contributed by atoms with van der Waals surface area (Å²) in [5.41, 5.74) is -0.289. The first-order chi connectivity index (χ1) is 4.61. The van der Waals surface area contributed by atoms with Gasteiger partial charge in [-0.15, -0.1) is 0 Å². The smallest absolute Gasteiger partial charge is 0.340 e. The Bertz CT molecular complexity index is 267. The molecule has 10 heavy (non-hydrogen) atoms. The van der Waals surface area contributed by atoms with Gasteiger partial charge in [0.15, 0.2) is 5.82 Å². The van der Waals surface area contributed by atoms with E-state index in [0.717, 1.165) is 6.20 Å². The number of hydrogen-bond acceptors (Lipinski definition) is 1. The first-order valence-electron chi connectivity index (χ1n) is 2.66. The van der Waals surface area contributed by atoms with Crippen molar-refractivity contribution in [3.63, 3.8) is 0 Å². The van der Waals surface area contributed by atoms with Gasteiger partial charge >= 0.3 is 5.97 Å². The zero-order valence-electron chi connectivity index (χ0n) is 5.34. The normalized spacial score (nSPS) is 9.80. The van der Waals surface area contributed by atoms with Crippen LogP contribution in [0, 0.1) is 5.82 Å². The molecule has 0 bridgehead atoms. The number of aromatic nitrogens is 1. The zero-order valence-corrected chi connectivity index (χ0v) is 5.34. The third kappa shape index (κ3) is 1.00. The van der Waals surface area contributed by atoms with Gasteiger partial charge in [0.05, 0.1) is 0 Å². The number of carbonyl (C=O) groups is 1. The monoisotopic (exact) mass is 143 g/mol. The minimum absolute atomic E-state index is 0.289. The van der Waals surface area contributed by atoms with Crippen molar-refractivity contribution >= 4 is 5.97 Å². The summed E-state index contributed by atoms with van der Waals surface area (Å²) in [7, 11) is 1.56. The summed E-state index contributed by atoms with van der Waals surface area (Å²) in [6.07, 6.45) is 2.33. The van der Waals surface area contributed by atoms with Crippen molar-refractivity contribution in [2.45, 2.75) is 0 Å². The third-order valence-corrected chi connectivity index (χ3v) is 1.14. The number of aryl methyl sites for hydroxylation is 1. The molecule has 1 rings (SSSR count). The van der Waals surface area contributed by atoms with E-state index in [9.17, 15) is 9.18 Å². The number of halogens is 1. The first-order valence-corrected chi connectivity index (χ1v) is 2.66. The van der Waals surface area contributed by atoms with Crippen molar-refractivity contribution < 1.29 is 14.3 Å². The minimum Gasteiger partial charge on any atom is -0.478 e. The van der Waals surface area contributed by atoms with Crippen LogP contribution in [0.5, 0.6) is 0 Å². The fraction of sp³-hybridized carbons (Fsp3) is 0.167. The maximum atomic E-state index is 12.5. The molecule has 0 aromatic carbocycles. The van der Waals surface area contributed by atoms with Crippen molar-refractivity contribution in [2.24, 2.45) is 7.05 Å². The Morgan fingerprint density at radius 2 is 2.30 bits per heavy atom. The lowest BCUT2D eigenvalue weighted by Crippen LogP contribution is -1.95. The van der Waals surface area contributed by atoms with Gasteiger partial charge in [0, 0.05) is 19.4 Å². The second kappa shape index (κ2) is 2.13. The van der Waals surface area contributed by atoms with Gasteiger partial charge in [-0.1, -0.05) is 0 Å². The summed E-state index contributed by atoms with van der Waals surface area (Å²) in [5.74, 6) is -1.94. The number of hydrogen-bond donors (Lipinski definition) is 1. The van der Waals surface area contributed by atoms with Crippen LogP contribution in [0.3, 0.4) is 0 Å². The Balaban J connectivity index is 3.15. The number of aromatic carboxylic acids is 1. The summed E-state index contributed by atoms with van der Waals surface area (Å²) in [4.78, 5) is 10.2. The highest BCUT2D eigenvalue weighted by atomic mass is 19.1. The third-order valence-electron chi connectivity index (χ3n) is 1.14. The van der Waals surface area contributed by atoms with Gasteiger partial charge in [0.2, 0.25) is 0 Å². The van der Waals surface area contributed by atoms with Crippen LogP contribution in [0.25, 0.3) is 0 Å². The Hall–Kier alpha value is -1.32. The van der Waals surface area contributed by atoms with E-state index in [4.69, 9.17) is 5.11 Å². The number of carboxylic acids is 1. The molecular weight excluding hydrogens is 137 g/mol. The molecule has 1 heterocycles. The van der Waals surface area contributed by atoms with Gasteiger partial charge in [-0.2, -0.15) is 0 Å². The Morgan fingerprint density at radius 3 is 2.50 bits per heavy atom. The molecule has 0 saturated carbocycles. The average Bonchev–Trinajstić information content (AvgIpc) is 2.10. The summed E-state index contributed by atoms with van der Waals surface area (Å²) in [5, 5.41) is 8.33. The topological polar surface area (TPSA) is 42.2 Å². The summed E-state index contributed by atoms with van der Waals surface area (Å²) >= 11 is 0. The van der Waals surface area contributed by atoms with Crippen LogP contribution in [0.4, 0.5) is 4.39 Å². The summed E-state index contributed by atoms with van der Waals surface area (Å²) in [6.45, 7) is 0. The van der Waals surface area contributed by atoms with Crippen molar-refractivity contribution in [3.8, 4) is 0 Å². The van der Waals surface area contributed by atoms with Gasteiger partial charge in [-0.3, -0.25) is 0 Å². The number of carboxylic acid groups (broad SMARTS) is 1. The van der Waals surface area contributed by atoms with Crippen LogP contribution in [-0.2, 0) is 7.05 Å². The van der Waals surface area contributed by atoms with Crippen LogP contribution < -0.4 is 0 Å². The van der Waals surface area contributed by atoms with E-state index in [0.29, 0.717) is 0 Å². The van der Waals surface area contributed by atoms with E-state index in [-0.39, 0.29) is 5.56 Å². The minimum atomic E-state index is -1.24. The molecule has 0 atom stereocenters. The number of rotatable bonds is 1. The molecule has 0 aliphatic rings. The second-order valence-corrected chi connectivity index (χ2v) is 1.99. The van der Waals surface area contributed by atoms with Gasteiger partial charge in [-0.05, 0) is 0 Å². The van der Waals surface area contributed by atoms with E-state index >= 15 is 0 Å². The highest BCUT2D eigenvalue weighted by Gasteiger charge is 2.10. The molecule has 0 fully saturated rings. The fourth-order valence-electron chi connectivity index (χ4n) is 0.708. The average molecular weight is 143 g/mol. The highest BCUT2D eigenvalue weighted by molar-refractivity contribution is 5.87. The second-order valence-electron chi connectivity index (χ2n) is 1.99. The maximum absolute atomic E-state index is 12.5. The van der Waals surface area contributed by atoms with Gasteiger partial charge < -0.3 is 9.67 Å². The molecular formula is C6H6FNO2. The molecule has 0 aliphatic heterocycles. The lowest BCUT2D eigenvalue weighted by molar-refractivity contribution is 0.0692. The standard InChI is InChI=1S/C6H6FNO2/c1-8-2-4(6(9)10)5(7)3-8/h2-3H,1H3,(H,9,10). The highest BCUT2D eigenvalue weighted by Crippen LogP contribution is 2.06. The van der Waals surface area contributed by atoms with Gasteiger partial charge in [0.1, 0.15) is 5.56 Å². The van der Waals surface area contributed by atoms with Gasteiger partial charge in [-0.25, -0.2) is 9.18 Å². The zero-order chi connectivity index (χ0) is 7.72. The van der Waals surface area contributed by atoms with E-state index in [2.05, 4.69) is 0 Å².